The Morgan fingerprint density at radius 1 is 0.906 bits per heavy atom. The summed E-state index contributed by atoms with van der Waals surface area (Å²) in [6, 6.07) is 19.2. The highest BCUT2D eigenvalue weighted by atomic mass is 32.2. The molecule has 0 aliphatic carbocycles. The topological polar surface area (TPSA) is 54.3 Å². The second kappa shape index (κ2) is 7.99. The van der Waals surface area contributed by atoms with Crippen LogP contribution in [0.3, 0.4) is 0 Å². The van der Waals surface area contributed by atoms with Crippen molar-refractivity contribution in [2.45, 2.75) is 6.18 Å². The van der Waals surface area contributed by atoms with Crippen LogP contribution in [-0.4, -0.2) is 31.4 Å². The average Bonchev–Trinajstić information content (AvgIpc) is 3.16. The zero-order valence-electron chi connectivity index (χ0n) is 17.3. The summed E-state index contributed by atoms with van der Waals surface area (Å²) in [6.45, 7) is 0. The highest BCUT2D eigenvalue weighted by Crippen LogP contribution is 2.37. The highest BCUT2D eigenvalue weighted by Gasteiger charge is 2.33. The molecule has 166 valence electrons. The first kappa shape index (κ1) is 21.9. The molecule has 0 amide bonds. The third-order valence-corrected chi connectivity index (χ3v) is 6.54. The molecule has 32 heavy (non-hydrogen) atoms. The van der Waals surface area contributed by atoms with Gasteiger partial charge >= 0.3 is 16.4 Å². The second-order valence-corrected chi connectivity index (χ2v) is 9.33. The summed E-state index contributed by atoms with van der Waals surface area (Å²) in [5.41, 5.74) is 1.58. The molecule has 4 aromatic rings. The molecule has 0 aliphatic rings. The second-order valence-electron chi connectivity index (χ2n) is 7.44. The molecule has 4 rings (SSSR count). The van der Waals surface area contributed by atoms with Gasteiger partial charge in [0.1, 0.15) is 0 Å². The number of aromatic nitrogens is 1. The summed E-state index contributed by atoms with van der Waals surface area (Å²) < 4.78 is 70.2. The maximum absolute atomic E-state index is 13.5. The van der Waals surface area contributed by atoms with E-state index in [1.807, 2.05) is 10.6 Å². The predicted molar refractivity (Wildman–Crippen MR) is 120 cm³/mol. The van der Waals surface area contributed by atoms with Crippen LogP contribution in [0.15, 0.2) is 79.0 Å². The molecular weight excluding hydrogens is 439 g/mol. The molecule has 1 N–H and O–H groups in total. The van der Waals surface area contributed by atoms with Crippen molar-refractivity contribution in [3.8, 4) is 16.8 Å². The van der Waals surface area contributed by atoms with Crippen LogP contribution in [0.4, 0.5) is 18.9 Å². The zero-order chi connectivity index (χ0) is 23.1. The molecule has 9 heteroatoms. The summed E-state index contributed by atoms with van der Waals surface area (Å²) in [7, 11) is -0.826. The number of rotatable bonds is 5. The smallest absolute Gasteiger partial charge is 0.316 e. The third kappa shape index (κ3) is 4.21. The highest BCUT2D eigenvalue weighted by molar-refractivity contribution is 7.90. The summed E-state index contributed by atoms with van der Waals surface area (Å²) in [4.78, 5) is 0. The quantitative estimate of drug-likeness (QED) is 0.426. The average molecular weight is 459 g/mol. The predicted octanol–water partition coefficient (Wildman–Crippen LogP) is 5.53. The molecule has 0 saturated carbocycles. The Balaban J connectivity index is 1.79. The maximum Gasteiger partial charge on any atom is 0.417 e. The Morgan fingerprint density at radius 3 is 2.38 bits per heavy atom. The van der Waals surface area contributed by atoms with Crippen molar-refractivity contribution in [2.75, 3.05) is 18.8 Å². The van der Waals surface area contributed by atoms with Crippen molar-refractivity contribution in [1.82, 2.24) is 8.87 Å². The first-order chi connectivity index (χ1) is 15.1. The van der Waals surface area contributed by atoms with Crippen LogP contribution in [-0.2, 0) is 16.4 Å². The molecule has 0 fully saturated rings. The lowest BCUT2D eigenvalue weighted by Crippen LogP contribution is -2.28. The van der Waals surface area contributed by atoms with Gasteiger partial charge in [-0.05, 0) is 47.5 Å². The molecule has 5 nitrogen and oxygen atoms in total. The standard InChI is InChI=1S/C23H20F3N3O2S/c1-28(2)32(30,31)27-18-11-10-16-12-13-29(22(16)15-18)19-7-5-6-17(14-19)20-8-3-4-9-21(20)23(24,25)26/h3-15,27H,1-2H3. The van der Waals surface area contributed by atoms with Gasteiger partial charge < -0.3 is 4.57 Å². The van der Waals surface area contributed by atoms with Gasteiger partial charge in [-0.3, -0.25) is 4.72 Å². The van der Waals surface area contributed by atoms with Gasteiger partial charge in [0.05, 0.1) is 16.8 Å². The summed E-state index contributed by atoms with van der Waals surface area (Å²) in [6.07, 6.45) is -2.67. The van der Waals surface area contributed by atoms with E-state index in [4.69, 9.17) is 0 Å². The van der Waals surface area contributed by atoms with Crippen LogP contribution in [0, 0.1) is 0 Å². The number of halogens is 3. The largest absolute Gasteiger partial charge is 0.417 e. The Hall–Kier alpha value is -3.30. The van der Waals surface area contributed by atoms with E-state index in [9.17, 15) is 21.6 Å². The van der Waals surface area contributed by atoms with E-state index in [0.717, 1.165) is 15.8 Å². The van der Waals surface area contributed by atoms with E-state index in [2.05, 4.69) is 4.72 Å². The minimum Gasteiger partial charge on any atom is -0.316 e. The summed E-state index contributed by atoms with van der Waals surface area (Å²) >= 11 is 0. The molecule has 0 atom stereocenters. The molecule has 1 heterocycles. The minimum atomic E-state index is -4.47. The van der Waals surface area contributed by atoms with Crippen molar-refractivity contribution < 1.29 is 21.6 Å². The van der Waals surface area contributed by atoms with Crippen LogP contribution in [0.2, 0.25) is 0 Å². The lowest BCUT2D eigenvalue weighted by atomic mass is 9.99. The Labute approximate surface area is 183 Å². The lowest BCUT2D eigenvalue weighted by Gasteiger charge is -2.15. The number of hydrogen-bond acceptors (Lipinski definition) is 2. The third-order valence-electron chi connectivity index (χ3n) is 5.09. The minimum absolute atomic E-state index is 0.0951. The molecule has 0 saturated heterocycles. The lowest BCUT2D eigenvalue weighted by molar-refractivity contribution is -0.137. The number of anilines is 1. The van der Waals surface area contributed by atoms with E-state index in [1.165, 1.54) is 26.2 Å². The van der Waals surface area contributed by atoms with Crippen LogP contribution >= 0.6 is 0 Å². The van der Waals surface area contributed by atoms with E-state index in [0.29, 0.717) is 22.5 Å². The van der Waals surface area contributed by atoms with Gasteiger partial charge in [0.25, 0.3) is 0 Å². The number of alkyl halides is 3. The summed E-state index contributed by atoms with van der Waals surface area (Å²) in [5, 5.41) is 0.860. The molecule has 0 bridgehead atoms. The normalized spacial score (nSPS) is 12.4. The van der Waals surface area contributed by atoms with Crippen LogP contribution in [0.1, 0.15) is 5.56 Å². The van der Waals surface area contributed by atoms with Crippen molar-refractivity contribution in [3.63, 3.8) is 0 Å². The number of fused-ring (bicyclic) bond motifs is 1. The molecule has 0 spiro atoms. The zero-order valence-corrected chi connectivity index (χ0v) is 18.1. The van der Waals surface area contributed by atoms with E-state index in [1.54, 1.807) is 54.7 Å². The monoisotopic (exact) mass is 459 g/mol. The first-order valence-corrected chi connectivity index (χ1v) is 11.1. The Kier molecular flexibility index (Phi) is 5.47. The molecule has 1 aromatic heterocycles. The fourth-order valence-corrected chi connectivity index (χ4v) is 4.07. The SMILES string of the molecule is CN(C)S(=O)(=O)Nc1ccc2ccn(-c3cccc(-c4ccccc4C(F)(F)F)c3)c2c1. The van der Waals surface area contributed by atoms with Crippen LogP contribution in [0.25, 0.3) is 27.7 Å². The molecule has 0 radical (unpaired) electrons. The van der Waals surface area contributed by atoms with Crippen molar-refractivity contribution in [1.29, 1.82) is 0 Å². The molecule has 0 aliphatic heterocycles. The van der Waals surface area contributed by atoms with Crippen molar-refractivity contribution in [2.24, 2.45) is 0 Å². The van der Waals surface area contributed by atoms with Gasteiger partial charge in [-0.2, -0.15) is 25.9 Å². The molecular formula is C23H20F3N3O2S. The van der Waals surface area contributed by atoms with Crippen LogP contribution < -0.4 is 4.72 Å². The number of nitrogens with zero attached hydrogens (tertiary/aromatic N) is 2. The van der Waals surface area contributed by atoms with Gasteiger partial charge in [0.15, 0.2) is 0 Å². The van der Waals surface area contributed by atoms with Gasteiger partial charge in [0.2, 0.25) is 0 Å². The van der Waals surface area contributed by atoms with E-state index in [-0.39, 0.29) is 5.56 Å². The van der Waals surface area contributed by atoms with Gasteiger partial charge in [-0.25, -0.2) is 0 Å². The van der Waals surface area contributed by atoms with E-state index >= 15 is 0 Å². The number of nitrogens with one attached hydrogen (secondary N) is 1. The summed E-state index contributed by atoms with van der Waals surface area (Å²) in [5.74, 6) is 0. The molecule has 3 aromatic carbocycles. The van der Waals surface area contributed by atoms with Crippen LogP contribution in [0.5, 0.6) is 0 Å². The van der Waals surface area contributed by atoms with Crippen molar-refractivity contribution in [3.05, 3.63) is 84.6 Å². The fourth-order valence-electron chi connectivity index (χ4n) is 3.46. The van der Waals surface area contributed by atoms with Gasteiger partial charge in [-0.1, -0.05) is 36.4 Å². The first-order valence-electron chi connectivity index (χ1n) is 9.65. The van der Waals surface area contributed by atoms with Gasteiger partial charge in [-0.15, -0.1) is 0 Å². The molecule has 0 unspecified atom stereocenters. The number of benzene rings is 3. The Bertz CT molecular complexity index is 1390. The van der Waals surface area contributed by atoms with Crippen molar-refractivity contribution >= 4 is 26.8 Å². The van der Waals surface area contributed by atoms with E-state index < -0.39 is 21.9 Å². The fraction of sp³-hybridized carbons (Fsp3) is 0.130. The Morgan fingerprint density at radius 2 is 1.66 bits per heavy atom. The maximum atomic E-state index is 13.5. The van der Waals surface area contributed by atoms with Gasteiger partial charge in [0, 0.05) is 31.4 Å². The number of hydrogen-bond donors (Lipinski definition) is 1.